The minimum Gasteiger partial charge on any atom is -0.305 e. The summed E-state index contributed by atoms with van der Waals surface area (Å²) in [6, 6.07) is 13.7. The van der Waals surface area contributed by atoms with Gasteiger partial charge >= 0.3 is 0 Å². The number of halogens is 1. The molecule has 0 aliphatic heterocycles. The predicted octanol–water partition coefficient (Wildman–Crippen LogP) is 3.87. The van der Waals surface area contributed by atoms with Crippen LogP contribution in [0.5, 0.6) is 0 Å². The summed E-state index contributed by atoms with van der Waals surface area (Å²) in [5, 5.41) is 9.16. The van der Waals surface area contributed by atoms with E-state index < -0.39 is 15.3 Å². The summed E-state index contributed by atoms with van der Waals surface area (Å²) < 4.78 is 26.7. The van der Waals surface area contributed by atoms with Crippen molar-refractivity contribution in [3.8, 4) is 11.4 Å². The molecule has 2 aromatic carbocycles. The third kappa shape index (κ3) is 5.17. The smallest absolute Gasteiger partial charge is 0.229 e. The average molecular weight is 451 g/mol. The van der Waals surface area contributed by atoms with Crippen molar-refractivity contribution in [2.75, 3.05) is 11.0 Å². The number of thioether (sulfide) groups is 1. The zero-order valence-electron chi connectivity index (χ0n) is 16.0. The maximum absolute atomic E-state index is 12.7. The zero-order chi connectivity index (χ0) is 21.2. The van der Waals surface area contributed by atoms with E-state index in [0.717, 1.165) is 11.8 Å². The van der Waals surface area contributed by atoms with Crippen molar-refractivity contribution < 1.29 is 13.2 Å². The molecule has 0 aliphatic carbocycles. The molecule has 0 bridgehead atoms. The second kappa shape index (κ2) is 8.56. The molecular weight excluding hydrogens is 432 g/mol. The number of ketones is 1. The average Bonchev–Trinajstić information content (AvgIpc) is 3.01. The number of sulfonamides is 1. The van der Waals surface area contributed by atoms with Gasteiger partial charge in [0, 0.05) is 23.9 Å². The van der Waals surface area contributed by atoms with Crippen molar-refractivity contribution in [1.29, 1.82) is 0 Å². The lowest BCUT2D eigenvalue weighted by Crippen LogP contribution is -2.15. The van der Waals surface area contributed by atoms with Crippen LogP contribution in [0.25, 0.3) is 11.4 Å². The lowest BCUT2D eigenvalue weighted by molar-refractivity contribution is 0.0994. The number of aromatic nitrogens is 3. The van der Waals surface area contributed by atoms with Crippen LogP contribution in [0.1, 0.15) is 17.3 Å². The fraction of sp³-hybridized carbons (Fsp3) is 0.211. The number of carbonyl (C=O) groups excluding carboxylic acids is 1. The molecule has 0 aliphatic rings. The maximum atomic E-state index is 12.7. The van der Waals surface area contributed by atoms with Gasteiger partial charge in [0.25, 0.3) is 0 Å². The molecular formula is C19H19ClN4O3S2. The Labute approximate surface area is 178 Å². The van der Waals surface area contributed by atoms with E-state index in [2.05, 4.69) is 14.9 Å². The molecule has 0 radical (unpaired) electrons. The Morgan fingerprint density at radius 2 is 1.79 bits per heavy atom. The summed E-state index contributed by atoms with van der Waals surface area (Å²) >= 11 is 7.54. The SMILES string of the molecule is C[C@@H](Sc1nnc(-c2ccccc2Cl)n1C)C(=O)c1ccc(NS(C)(=O)=O)cc1. The van der Waals surface area contributed by atoms with Crippen LogP contribution >= 0.6 is 23.4 Å². The van der Waals surface area contributed by atoms with Gasteiger partial charge in [0.2, 0.25) is 10.0 Å². The summed E-state index contributed by atoms with van der Waals surface area (Å²) in [4.78, 5) is 12.7. The highest BCUT2D eigenvalue weighted by atomic mass is 35.5. The maximum Gasteiger partial charge on any atom is 0.229 e. The van der Waals surface area contributed by atoms with Gasteiger partial charge in [-0.3, -0.25) is 9.52 Å². The first kappa shape index (κ1) is 21.4. The second-order valence-electron chi connectivity index (χ2n) is 6.42. The lowest BCUT2D eigenvalue weighted by Gasteiger charge is -2.11. The fourth-order valence-electron chi connectivity index (χ4n) is 2.66. The quantitative estimate of drug-likeness (QED) is 0.433. The zero-order valence-corrected chi connectivity index (χ0v) is 18.3. The van der Waals surface area contributed by atoms with Crippen molar-refractivity contribution in [1.82, 2.24) is 14.8 Å². The van der Waals surface area contributed by atoms with Gasteiger partial charge < -0.3 is 4.57 Å². The van der Waals surface area contributed by atoms with E-state index in [1.807, 2.05) is 25.2 Å². The molecule has 0 unspecified atom stereocenters. The number of carbonyl (C=O) groups is 1. The van der Waals surface area contributed by atoms with Crippen LogP contribution in [0.15, 0.2) is 53.7 Å². The van der Waals surface area contributed by atoms with Crippen LogP contribution < -0.4 is 4.72 Å². The van der Waals surface area contributed by atoms with E-state index in [1.165, 1.54) is 11.8 Å². The molecule has 0 saturated carbocycles. The minimum absolute atomic E-state index is 0.0943. The summed E-state index contributed by atoms with van der Waals surface area (Å²) in [6.45, 7) is 1.79. The highest BCUT2D eigenvalue weighted by Gasteiger charge is 2.21. The first-order chi connectivity index (χ1) is 13.7. The Morgan fingerprint density at radius 3 is 2.41 bits per heavy atom. The predicted molar refractivity (Wildman–Crippen MR) is 116 cm³/mol. The molecule has 0 saturated heterocycles. The van der Waals surface area contributed by atoms with Gasteiger partial charge in [0.1, 0.15) is 0 Å². The number of anilines is 1. The van der Waals surface area contributed by atoms with Crippen molar-refractivity contribution in [3.63, 3.8) is 0 Å². The van der Waals surface area contributed by atoms with Crippen LogP contribution in [0.4, 0.5) is 5.69 Å². The Hall–Kier alpha value is -2.36. The molecule has 0 spiro atoms. The number of hydrogen-bond acceptors (Lipinski definition) is 6. The monoisotopic (exact) mass is 450 g/mol. The second-order valence-corrected chi connectivity index (χ2v) is 9.88. The lowest BCUT2D eigenvalue weighted by atomic mass is 10.1. The van der Waals surface area contributed by atoms with Crippen molar-refractivity contribution >= 4 is 44.9 Å². The van der Waals surface area contributed by atoms with E-state index in [9.17, 15) is 13.2 Å². The number of Topliss-reactive ketones (excluding diaryl/α,β-unsaturated/α-hetero) is 1. The molecule has 152 valence electrons. The molecule has 7 nitrogen and oxygen atoms in total. The van der Waals surface area contributed by atoms with Crippen molar-refractivity contribution in [2.24, 2.45) is 7.05 Å². The van der Waals surface area contributed by atoms with Crippen LogP contribution in [0, 0.1) is 0 Å². The first-order valence-electron chi connectivity index (χ1n) is 8.59. The molecule has 3 aromatic rings. The highest BCUT2D eigenvalue weighted by molar-refractivity contribution is 8.00. The highest BCUT2D eigenvalue weighted by Crippen LogP contribution is 2.30. The number of hydrogen-bond donors (Lipinski definition) is 1. The van der Waals surface area contributed by atoms with Gasteiger partial charge in [0.05, 0.1) is 16.5 Å². The molecule has 1 atom stereocenters. The summed E-state index contributed by atoms with van der Waals surface area (Å²) in [7, 11) is -1.54. The van der Waals surface area contributed by atoms with E-state index in [1.54, 1.807) is 41.8 Å². The summed E-state index contributed by atoms with van der Waals surface area (Å²) in [5.41, 5.74) is 1.66. The van der Waals surface area contributed by atoms with Gasteiger partial charge in [-0.25, -0.2) is 8.42 Å². The normalized spacial score (nSPS) is 12.6. The third-order valence-electron chi connectivity index (χ3n) is 4.07. The fourth-order valence-corrected chi connectivity index (χ4v) is 4.33. The number of rotatable bonds is 7. The minimum atomic E-state index is -3.36. The van der Waals surface area contributed by atoms with E-state index in [0.29, 0.717) is 27.3 Å². The van der Waals surface area contributed by atoms with Crippen LogP contribution in [0.2, 0.25) is 5.02 Å². The summed E-state index contributed by atoms with van der Waals surface area (Å²) in [6.07, 6.45) is 1.07. The largest absolute Gasteiger partial charge is 0.305 e. The topological polar surface area (TPSA) is 93.9 Å². The molecule has 1 N–H and O–H groups in total. The van der Waals surface area contributed by atoms with E-state index >= 15 is 0 Å². The number of benzene rings is 2. The van der Waals surface area contributed by atoms with Crippen LogP contribution in [0.3, 0.4) is 0 Å². The molecule has 3 rings (SSSR count). The Balaban J connectivity index is 1.74. The summed E-state index contributed by atoms with van der Waals surface area (Å²) in [5.74, 6) is 0.525. The van der Waals surface area contributed by atoms with E-state index in [4.69, 9.17) is 11.6 Å². The van der Waals surface area contributed by atoms with Crippen LogP contribution in [-0.4, -0.2) is 40.5 Å². The Bertz CT molecular complexity index is 1140. The molecule has 1 aromatic heterocycles. The van der Waals surface area contributed by atoms with E-state index in [-0.39, 0.29) is 5.78 Å². The standard InChI is InChI=1S/C19H19ClN4O3S2/c1-12(17(25)13-8-10-14(11-9-13)23-29(3,26)27)28-19-22-21-18(24(19)2)15-6-4-5-7-16(15)20/h4-12,23H,1-3H3/t12-/m1/s1. The van der Waals surface area contributed by atoms with Gasteiger partial charge in [-0.1, -0.05) is 35.5 Å². The number of nitrogens with zero attached hydrogens (tertiary/aromatic N) is 3. The molecule has 29 heavy (non-hydrogen) atoms. The van der Waals surface area contributed by atoms with Crippen LogP contribution in [-0.2, 0) is 17.1 Å². The van der Waals surface area contributed by atoms with Gasteiger partial charge in [-0.2, -0.15) is 0 Å². The molecule has 1 heterocycles. The first-order valence-corrected chi connectivity index (χ1v) is 11.7. The van der Waals surface area contributed by atoms with Crippen molar-refractivity contribution in [3.05, 3.63) is 59.1 Å². The Morgan fingerprint density at radius 1 is 1.14 bits per heavy atom. The molecule has 0 amide bonds. The van der Waals surface area contributed by atoms with Gasteiger partial charge in [0.15, 0.2) is 16.8 Å². The number of nitrogens with one attached hydrogen (secondary N) is 1. The van der Waals surface area contributed by atoms with Crippen molar-refractivity contribution in [2.45, 2.75) is 17.3 Å². The van der Waals surface area contributed by atoms with Gasteiger partial charge in [-0.15, -0.1) is 10.2 Å². The van der Waals surface area contributed by atoms with Gasteiger partial charge in [-0.05, 0) is 43.3 Å². The Kier molecular flexibility index (Phi) is 6.30. The third-order valence-corrected chi connectivity index (χ3v) is 6.14. The molecule has 10 heteroatoms. The molecule has 0 fully saturated rings.